The molecule has 0 aliphatic carbocycles. The maximum Gasteiger partial charge on any atom is 0.255 e. The van der Waals surface area contributed by atoms with Gasteiger partial charge in [0.1, 0.15) is 11.8 Å². The zero-order chi connectivity index (χ0) is 20.4. The Kier molecular flexibility index (Phi) is 5.26. The van der Waals surface area contributed by atoms with Gasteiger partial charge in [-0.05, 0) is 31.4 Å². The fourth-order valence-electron chi connectivity index (χ4n) is 3.41. The first-order valence-corrected chi connectivity index (χ1v) is 10.3. The van der Waals surface area contributed by atoms with Gasteiger partial charge in [-0.2, -0.15) is 4.98 Å². The average Bonchev–Trinajstić information content (AvgIpc) is 3.16. The molecule has 2 aromatic carbocycles. The first kappa shape index (κ1) is 19.1. The molecule has 1 atom stereocenters. The van der Waals surface area contributed by atoms with Crippen molar-refractivity contribution >= 4 is 29.3 Å². The Hall–Kier alpha value is -3.26. The van der Waals surface area contributed by atoms with Crippen LogP contribution in [0.25, 0.3) is 0 Å². The van der Waals surface area contributed by atoms with Gasteiger partial charge in [-0.1, -0.05) is 48.2 Å². The van der Waals surface area contributed by atoms with E-state index in [1.807, 2.05) is 67.8 Å². The highest BCUT2D eigenvalue weighted by Crippen LogP contribution is 2.39. The predicted molar refractivity (Wildman–Crippen MR) is 114 cm³/mol. The molecule has 3 aromatic rings. The summed E-state index contributed by atoms with van der Waals surface area (Å²) in [5, 5.41) is 11.5. The second-order valence-corrected chi connectivity index (χ2v) is 7.27. The lowest BCUT2D eigenvalue weighted by atomic mass is 9.94. The minimum atomic E-state index is -0.473. The van der Waals surface area contributed by atoms with Crippen LogP contribution in [0.5, 0.6) is 5.75 Å². The van der Waals surface area contributed by atoms with Gasteiger partial charge in [0.15, 0.2) is 0 Å². The molecular formula is C21H21N5O2S. The number of thioether (sulfide) groups is 1. The van der Waals surface area contributed by atoms with Crippen LogP contribution in [0.15, 0.2) is 71.0 Å². The average molecular weight is 407 g/mol. The van der Waals surface area contributed by atoms with E-state index in [4.69, 9.17) is 4.74 Å². The van der Waals surface area contributed by atoms with Crippen molar-refractivity contribution in [2.45, 2.75) is 18.1 Å². The number of methoxy groups -OCH3 is 1. The molecule has 1 aromatic heterocycles. The Bertz CT molecular complexity index is 1080. The van der Waals surface area contributed by atoms with Crippen molar-refractivity contribution in [3.8, 4) is 5.75 Å². The lowest BCUT2D eigenvalue weighted by molar-refractivity contribution is -0.113. The number of anilines is 2. The van der Waals surface area contributed by atoms with E-state index in [1.165, 1.54) is 11.8 Å². The standard InChI is InChI=1S/C21H21N5O2S/c1-13-17(19(27)23-14-9-5-4-6-10-14)18(15-11-7-8-12-16(15)28-2)26-20(22-13)24-21(25-26)29-3/h4-12,18H,1-3H3,(H,23,27)(H,22,24,25)/t18-/m1/s1. The van der Waals surface area contributed by atoms with E-state index in [0.29, 0.717) is 22.4 Å². The van der Waals surface area contributed by atoms with Gasteiger partial charge in [0.25, 0.3) is 5.91 Å². The Balaban J connectivity index is 1.83. The number of nitrogens with one attached hydrogen (secondary N) is 2. The molecule has 0 spiro atoms. The normalized spacial score (nSPS) is 15.5. The molecule has 4 rings (SSSR count). The molecule has 0 fully saturated rings. The molecule has 29 heavy (non-hydrogen) atoms. The number of amides is 1. The number of hydrogen-bond donors (Lipinski definition) is 2. The number of ether oxygens (including phenoxy) is 1. The largest absolute Gasteiger partial charge is 0.496 e. The minimum Gasteiger partial charge on any atom is -0.496 e. The van der Waals surface area contributed by atoms with Crippen molar-refractivity contribution in [2.75, 3.05) is 24.0 Å². The number of benzene rings is 2. The van der Waals surface area contributed by atoms with Gasteiger partial charge in [0.05, 0.1) is 12.7 Å². The summed E-state index contributed by atoms with van der Waals surface area (Å²) in [5.41, 5.74) is 2.85. The van der Waals surface area contributed by atoms with E-state index in [2.05, 4.69) is 20.7 Å². The smallest absolute Gasteiger partial charge is 0.255 e. The van der Waals surface area contributed by atoms with Gasteiger partial charge in [-0.15, -0.1) is 5.10 Å². The van der Waals surface area contributed by atoms with Crippen molar-refractivity contribution < 1.29 is 9.53 Å². The number of para-hydroxylation sites is 2. The minimum absolute atomic E-state index is 0.205. The molecule has 1 amide bonds. The summed E-state index contributed by atoms with van der Waals surface area (Å²) in [6.45, 7) is 1.87. The number of nitrogens with zero attached hydrogens (tertiary/aromatic N) is 3. The number of allylic oxidation sites excluding steroid dienone is 1. The molecule has 148 valence electrons. The quantitative estimate of drug-likeness (QED) is 0.624. The van der Waals surface area contributed by atoms with Crippen LogP contribution >= 0.6 is 11.8 Å². The fourth-order valence-corrected chi connectivity index (χ4v) is 3.76. The van der Waals surface area contributed by atoms with Gasteiger partial charge in [0.2, 0.25) is 11.1 Å². The summed E-state index contributed by atoms with van der Waals surface area (Å²) >= 11 is 1.45. The molecule has 2 heterocycles. The van der Waals surface area contributed by atoms with E-state index >= 15 is 0 Å². The van der Waals surface area contributed by atoms with Crippen molar-refractivity contribution in [2.24, 2.45) is 0 Å². The second-order valence-electron chi connectivity index (χ2n) is 6.49. The van der Waals surface area contributed by atoms with Gasteiger partial charge < -0.3 is 15.4 Å². The second kappa shape index (κ2) is 8.00. The molecule has 0 bridgehead atoms. The Labute approximate surface area is 173 Å². The van der Waals surface area contributed by atoms with Crippen molar-refractivity contribution in [1.82, 2.24) is 14.8 Å². The zero-order valence-corrected chi connectivity index (χ0v) is 17.2. The van der Waals surface area contributed by atoms with Crippen molar-refractivity contribution in [1.29, 1.82) is 0 Å². The van der Waals surface area contributed by atoms with Gasteiger partial charge in [-0.3, -0.25) is 4.79 Å². The molecule has 1 aliphatic rings. The molecule has 0 radical (unpaired) electrons. The van der Waals surface area contributed by atoms with Crippen LogP contribution in [0.1, 0.15) is 18.5 Å². The highest BCUT2D eigenvalue weighted by Gasteiger charge is 2.35. The van der Waals surface area contributed by atoms with Crippen molar-refractivity contribution in [3.63, 3.8) is 0 Å². The Morgan fingerprint density at radius 3 is 2.62 bits per heavy atom. The molecule has 0 unspecified atom stereocenters. The first-order chi connectivity index (χ1) is 14.1. The van der Waals surface area contributed by atoms with Crippen LogP contribution < -0.4 is 15.4 Å². The summed E-state index contributed by atoms with van der Waals surface area (Å²) in [5.74, 6) is 1.08. The predicted octanol–water partition coefficient (Wildman–Crippen LogP) is 3.94. The van der Waals surface area contributed by atoms with E-state index in [1.54, 1.807) is 11.8 Å². The maximum absolute atomic E-state index is 13.3. The Morgan fingerprint density at radius 1 is 1.17 bits per heavy atom. The van der Waals surface area contributed by atoms with Gasteiger partial charge in [0, 0.05) is 16.9 Å². The zero-order valence-electron chi connectivity index (χ0n) is 16.3. The number of hydrogen-bond acceptors (Lipinski definition) is 6. The third-order valence-electron chi connectivity index (χ3n) is 4.73. The van der Waals surface area contributed by atoms with Crippen LogP contribution in [-0.4, -0.2) is 34.0 Å². The summed E-state index contributed by atoms with van der Waals surface area (Å²) in [6, 6.07) is 16.6. The first-order valence-electron chi connectivity index (χ1n) is 9.10. The van der Waals surface area contributed by atoms with Crippen LogP contribution in [0, 0.1) is 0 Å². The number of rotatable bonds is 5. The summed E-state index contributed by atoms with van der Waals surface area (Å²) in [4.78, 5) is 17.9. The van der Waals surface area contributed by atoms with Gasteiger partial charge >= 0.3 is 0 Å². The molecule has 0 saturated carbocycles. The molecule has 8 heteroatoms. The van der Waals surface area contributed by atoms with E-state index < -0.39 is 6.04 Å². The Morgan fingerprint density at radius 2 is 1.90 bits per heavy atom. The fraction of sp³-hybridized carbons (Fsp3) is 0.190. The number of carbonyl (C=O) groups is 1. The van der Waals surface area contributed by atoms with Crippen LogP contribution in [0.4, 0.5) is 11.6 Å². The summed E-state index contributed by atoms with van der Waals surface area (Å²) < 4.78 is 7.33. The third-order valence-corrected chi connectivity index (χ3v) is 5.26. The maximum atomic E-state index is 13.3. The van der Waals surface area contributed by atoms with E-state index in [9.17, 15) is 4.79 Å². The lowest BCUT2D eigenvalue weighted by Gasteiger charge is -2.29. The SMILES string of the molecule is COc1ccccc1[C@@H]1C(C(=O)Nc2ccccc2)=C(C)Nc2nc(SC)nn21. The number of aromatic nitrogens is 3. The molecule has 7 nitrogen and oxygen atoms in total. The van der Waals surface area contributed by atoms with Crippen LogP contribution in [0.2, 0.25) is 0 Å². The highest BCUT2D eigenvalue weighted by molar-refractivity contribution is 7.98. The third kappa shape index (κ3) is 3.58. The summed E-state index contributed by atoms with van der Waals surface area (Å²) in [6.07, 6.45) is 1.92. The molecular weight excluding hydrogens is 386 g/mol. The van der Waals surface area contributed by atoms with Crippen molar-refractivity contribution in [3.05, 3.63) is 71.4 Å². The molecule has 0 saturated heterocycles. The van der Waals surface area contributed by atoms with E-state index in [0.717, 1.165) is 16.9 Å². The van der Waals surface area contributed by atoms with Crippen LogP contribution in [0.3, 0.4) is 0 Å². The lowest BCUT2D eigenvalue weighted by Crippen LogP contribution is -2.31. The van der Waals surface area contributed by atoms with Gasteiger partial charge in [-0.25, -0.2) is 4.68 Å². The highest BCUT2D eigenvalue weighted by atomic mass is 32.2. The summed E-state index contributed by atoms with van der Waals surface area (Å²) in [7, 11) is 1.62. The number of carbonyl (C=O) groups excluding carboxylic acids is 1. The molecule has 1 aliphatic heterocycles. The topological polar surface area (TPSA) is 81.1 Å². The van der Waals surface area contributed by atoms with Crippen LogP contribution in [-0.2, 0) is 4.79 Å². The molecule has 2 N–H and O–H groups in total. The monoisotopic (exact) mass is 407 g/mol. The number of fused-ring (bicyclic) bond motifs is 1. The van der Waals surface area contributed by atoms with E-state index in [-0.39, 0.29) is 5.91 Å².